The number of aryl methyl sites for hydroxylation is 1. The van der Waals surface area contributed by atoms with Gasteiger partial charge in [-0.25, -0.2) is 0 Å². The Balaban J connectivity index is 2.42. The standard InChI is InChI=1S/C22H26O10Se/c1-11-6-8-16(9-7-11)21(27)33-22-20(31-15(5)26)19(30-14(4)25)18(29-13(3)24)17(32-22)10-28-12(2)23/h6-9,17-20,22H,10H2,1-5H3/t17-,18-,19+,20+,22?/m1/s1. The monoisotopic (exact) mass is 530 g/mol. The Kier molecular flexibility index (Phi) is 9.57. The fourth-order valence-corrected chi connectivity index (χ4v) is 5.30. The number of hydrogen-bond acceptors (Lipinski definition) is 10. The summed E-state index contributed by atoms with van der Waals surface area (Å²) in [6, 6.07) is 6.92. The van der Waals surface area contributed by atoms with E-state index in [1.54, 1.807) is 24.3 Å². The molecule has 1 aromatic rings. The van der Waals surface area contributed by atoms with Crippen LogP contribution in [0, 0.1) is 6.92 Å². The van der Waals surface area contributed by atoms with Crippen molar-refractivity contribution in [3.8, 4) is 0 Å². The zero-order valence-electron chi connectivity index (χ0n) is 18.9. The summed E-state index contributed by atoms with van der Waals surface area (Å²) in [6.45, 7) is 6.19. The van der Waals surface area contributed by atoms with Crippen LogP contribution in [0.25, 0.3) is 0 Å². The molecular formula is C22H26O10Se. The first kappa shape index (κ1) is 26.5. The summed E-state index contributed by atoms with van der Waals surface area (Å²) in [6.07, 6.45) is -4.80. The fraction of sp³-hybridized carbons (Fsp3) is 0.500. The van der Waals surface area contributed by atoms with Gasteiger partial charge in [0.1, 0.15) is 0 Å². The second kappa shape index (κ2) is 11.9. The third kappa shape index (κ3) is 7.96. The van der Waals surface area contributed by atoms with Crippen molar-refractivity contribution in [2.24, 2.45) is 0 Å². The van der Waals surface area contributed by atoms with Crippen molar-refractivity contribution >= 4 is 43.5 Å². The predicted molar refractivity (Wildman–Crippen MR) is 113 cm³/mol. The van der Waals surface area contributed by atoms with Crippen LogP contribution in [0.15, 0.2) is 24.3 Å². The van der Waals surface area contributed by atoms with Crippen molar-refractivity contribution in [1.82, 2.24) is 0 Å². The molecule has 1 aliphatic rings. The van der Waals surface area contributed by atoms with Gasteiger partial charge in [-0.3, -0.25) is 0 Å². The fourth-order valence-electron chi connectivity index (χ4n) is 3.15. The van der Waals surface area contributed by atoms with Gasteiger partial charge in [0.05, 0.1) is 0 Å². The maximum atomic E-state index is 12.9. The van der Waals surface area contributed by atoms with Crippen LogP contribution in [0.5, 0.6) is 0 Å². The van der Waals surface area contributed by atoms with E-state index < -0.39 is 68.3 Å². The van der Waals surface area contributed by atoms with Crippen molar-refractivity contribution in [3.05, 3.63) is 35.4 Å². The second-order valence-corrected chi connectivity index (χ2v) is 9.59. The van der Waals surface area contributed by atoms with E-state index in [0.29, 0.717) is 5.56 Å². The summed E-state index contributed by atoms with van der Waals surface area (Å²) in [5.74, 6) is -2.75. The van der Waals surface area contributed by atoms with E-state index in [4.69, 9.17) is 23.7 Å². The molecule has 1 aliphatic heterocycles. The van der Waals surface area contributed by atoms with Gasteiger partial charge in [-0.1, -0.05) is 0 Å². The molecule has 5 atom stereocenters. The molecule has 1 aromatic carbocycles. The number of ether oxygens (including phenoxy) is 5. The molecule has 33 heavy (non-hydrogen) atoms. The van der Waals surface area contributed by atoms with Gasteiger partial charge in [-0.05, 0) is 0 Å². The Morgan fingerprint density at radius 2 is 1.30 bits per heavy atom. The van der Waals surface area contributed by atoms with E-state index in [9.17, 15) is 24.0 Å². The molecule has 0 bridgehead atoms. The summed E-state index contributed by atoms with van der Waals surface area (Å²) >= 11 is -0.941. The molecule has 2 rings (SSSR count). The van der Waals surface area contributed by atoms with Gasteiger partial charge in [0, 0.05) is 0 Å². The first-order chi connectivity index (χ1) is 15.5. The molecule has 0 radical (unpaired) electrons. The van der Waals surface area contributed by atoms with Gasteiger partial charge < -0.3 is 0 Å². The summed E-state index contributed by atoms with van der Waals surface area (Å²) in [5.41, 5.74) is 1.42. The zero-order valence-corrected chi connectivity index (χ0v) is 20.6. The topological polar surface area (TPSA) is 132 Å². The molecule has 0 N–H and O–H groups in total. The van der Waals surface area contributed by atoms with Crippen molar-refractivity contribution in [2.75, 3.05) is 6.61 Å². The molecule has 0 amide bonds. The molecule has 1 heterocycles. The number of rotatable bonds is 8. The van der Waals surface area contributed by atoms with Crippen LogP contribution < -0.4 is 0 Å². The maximum absolute atomic E-state index is 12.9. The van der Waals surface area contributed by atoms with Gasteiger partial charge in [0.15, 0.2) is 0 Å². The van der Waals surface area contributed by atoms with E-state index in [0.717, 1.165) is 26.3 Å². The van der Waals surface area contributed by atoms with Crippen molar-refractivity contribution in [2.45, 2.75) is 64.0 Å². The molecule has 10 nitrogen and oxygen atoms in total. The van der Waals surface area contributed by atoms with Gasteiger partial charge in [-0.15, -0.1) is 0 Å². The first-order valence-corrected chi connectivity index (χ1v) is 11.9. The summed E-state index contributed by atoms with van der Waals surface area (Å²) in [4.78, 5) is 59.7. The normalized spacial score (nSPS) is 24.3. The number of esters is 4. The van der Waals surface area contributed by atoms with Crippen LogP contribution in [-0.2, 0) is 42.9 Å². The van der Waals surface area contributed by atoms with Crippen molar-refractivity contribution in [1.29, 1.82) is 0 Å². The van der Waals surface area contributed by atoms with Crippen LogP contribution in [0.1, 0.15) is 43.6 Å². The van der Waals surface area contributed by atoms with Crippen LogP contribution in [0.4, 0.5) is 0 Å². The Morgan fingerprint density at radius 3 is 1.82 bits per heavy atom. The molecule has 0 aromatic heterocycles. The first-order valence-electron chi connectivity index (χ1n) is 10.1. The molecular weight excluding hydrogens is 503 g/mol. The van der Waals surface area contributed by atoms with E-state index in [-0.39, 0.29) is 11.3 Å². The predicted octanol–water partition coefficient (Wildman–Crippen LogP) is 0.923. The minimum atomic E-state index is -1.28. The van der Waals surface area contributed by atoms with E-state index >= 15 is 0 Å². The Bertz CT molecular complexity index is 897. The van der Waals surface area contributed by atoms with Gasteiger partial charge in [-0.2, -0.15) is 0 Å². The number of carbonyl (C=O) groups excluding carboxylic acids is 5. The van der Waals surface area contributed by atoms with Crippen LogP contribution in [0.2, 0.25) is 0 Å². The number of hydrogen-bond donors (Lipinski definition) is 0. The van der Waals surface area contributed by atoms with Gasteiger partial charge in [0.25, 0.3) is 0 Å². The molecule has 180 valence electrons. The van der Waals surface area contributed by atoms with Crippen molar-refractivity contribution in [3.63, 3.8) is 0 Å². The molecule has 1 unspecified atom stereocenters. The molecule has 1 saturated heterocycles. The van der Waals surface area contributed by atoms with Gasteiger partial charge in [0.2, 0.25) is 0 Å². The average Bonchev–Trinajstić information content (AvgIpc) is 2.70. The van der Waals surface area contributed by atoms with Gasteiger partial charge >= 0.3 is 197 Å². The third-order valence-corrected chi connectivity index (χ3v) is 6.69. The SMILES string of the molecule is CC(=O)OC[C@H]1OC([Se]C(=O)c2ccc(C)cc2)[C@@H](OC(C)=O)[C@@H](OC(C)=O)[C@@H]1OC(C)=O. The van der Waals surface area contributed by atoms with Crippen molar-refractivity contribution < 1.29 is 47.7 Å². The number of carbonyl (C=O) groups is 5. The summed E-state index contributed by atoms with van der Waals surface area (Å²) < 4.78 is 26.8. The third-order valence-electron chi connectivity index (χ3n) is 4.46. The quantitative estimate of drug-likeness (QED) is 0.272. The summed E-state index contributed by atoms with van der Waals surface area (Å²) in [5, 5.41) is -1.01. The number of benzene rings is 1. The van der Waals surface area contributed by atoms with Crippen LogP contribution in [-0.4, -0.2) is 79.5 Å². The Hall–Kier alpha value is -2.75. The molecule has 11 heteroatoms. The van der Waals surface area contributed by atoms with E-state index in [1.165, 1.54) is 6.92 Å². The van der Waals surface area contributed by atoms with Crippen LogP contribution in [0.3, 0.4) is 0 Å². The molecule has 0 spiro atoms. The minimum absolute atomic E-state index is 0.247. The Labute approximate surface area is 197 Å². The van der Waals surface area contributed by atoms with Crippen LogP contribution >= 0.6 is 0 Å². The molecule has 1 fully saturated rings. The average molecular weight is 529 g/mol. The zero-order chi connectivity index (χ0) is 24.7. The van der Waals surface area contributed by atoms with E-state index in [1.807, 2.05) is 6.92 Å². The Morgan fingerprint density at radius 1 is 0.788 bits per heavy atom. The van der Waals surface area contributed by atoms with E-state index in [2.05, 4.69) is 0 Å². The second-order valence-electron chi connectivity index (χ2n) is 7.34. The molecule has 0 saturated carbocycles. The molecule has 0 aliphatic carbocycles. The summed E-state index contributed by atoms with van der Waals surface area (Å²) in [7, 11) is 0.